The topological polar surface area (TPSA) is 76.0 Å². The summed E-state index contributed by atoms with van der Waals surface area (Å²) >= 11 is 0. The van der Waals surface area contributed by atoms with Crippen molar-refractivity contribution >= 4 is 13.1 Å². The van der Waals surface area contributed by atoms with Gasteiger partial charge in [-0.15, -0.1) is 0 Å². The van der Waals surface area contributed by atoms with Crippen molar-refractivity contribution in [3.8, 4) is 11.5 Å². The van der Waals surface area contributed by atoms with E-state index in [1.807, 2.05) is 6.07 Å². The largest absolute Gasteiger partial charge is 0.535 e. The van der Waals surface area contributed by atoms with Crippen LogP contribution in [-0.2, 0) is 0 Å². The second-order valence-corrected chi connectivity index (χ2v) is 6.31. The number of carboxylic acid groups (broad SMARTS) is 1. The highest BCUT2D eigenvalue weighted by Crippen LogP contribution is 2.64. The van der Waals surface area contributed by atoms with Crippen LogP contribution in [-0.4, -0.2) is 30.3 Å². The summed E-state index contributed by atoms with van der Waals surface area (Å²) in [6.45, 7) is 0. The molecule has 5 nitrogen and oxygen atoms in total. The Kier molecular flexibility index (Phi) is 2.73. The maximum atomic E-state index is 11.6. The molecule has 2 N–H and O–H groups in total. The molecule has 0 aromatic heterocycles. The minimum absolute atomic E-state index is 0.0234. The Morgan fingerprint density at radius 2 is 2.14 bits per heavy atom. The molecule has 4 unspecified atom stereocenters. The fraction of sp³-hybridized carbons (Fsp3) is 0.533. The number of methoxy groups -OCH3 is 1. The zero-order valence-electron chi connectivity index (χ0n) is 11.8. The lowest BCUT2D eigenvalue weighted by atomic mass is 9.56. The molecule has 0 radical (unpaired) electrons. The number of carbonyl (C=O) groups is 1. The SMILES string of the molecule is COc1ccc2c(c1C(=O)O)OB(O)C1C3CCC(C3)C21. The van der Waals surface area contributed by atoms with Gasteiger partial charge in [-0.25, -0.2) is 4.79 Å². The number of hydrogen-bond donors (Lipinski definition) is 2. The second-order valence-electron chi connectivity index (χ2n) is 6.31. The second kappa shape index (κ2) is 4.40. The molecule has 2 fully saturated rings. The maximum Gasteiger partial charge on any atom is 0.526 e. The van der Waals surface area contributed by atoms with Gasteiger partial charge in [-0.2, -0.15) is 0 Å². The highest BCUT2D eigenvalue weighted by atomic mass is 16.5. The van der Waals surface area contributed by atoms with Gasteiger partial charge in [0.2, 0.25) is 0 Å². The van der Waals surface area contributed by atoms with Gasteiger partial charge in [0, 0.05) is 5.82 Å². The average molecular weight is 288 g/mol. The Balaban J connectivity index is 1.89. The van der Waals surface area contributed by atoms with Crippen LogP contribution in [0.3, 0.4) is 0 Å². The molecule has 0 saturated heterocycles. The van der Waals surface area contributed by atoms with Gasteiger partial charge < -0.3 is 19.5 Å². The van der Waals surface area contributed by atoms with Crippen LogP contribution < -0.4 is 9.39 Å². The quantitative estimate of drug-likeness (QED) is 0.815. The summed E-state index contributed by atoms with van der Waals surface area (Å²) < 4.78 is 10.8. The van der Waals surface area contributed by atoms with Gasteiger partial charge in [-0.1, -0.05) is 12.5 Å². The molecule has 110 valence electrons. The fourth-order valence-electron chi connectivity index (χ4n) is 4.75. The van der Waals surface area contributed by atoms with Crippen molar-refractivity contribution in [1.82, 2.24) is 0 Å². The molecule has 4 atom stereocenters. The van der Waals surface area contributed by atoms with Crippen LogP contribution >= 0.6 is 0 Å². The standard InChI is InChI=1S/C15H17BO5/c1-20-10-5-4-9-11-7-2-3-8(6-7)13(11)16(19)21-14(9)12(10)15(17)18/h4-5,7-8,11,13,19H,2-3,6H2,1H3,(H,17,18). The Hall–Kier alpha value is -1.69. The minimum atomic E-state index is -1.09. The van der Waals surface area contributed by atoms with Crippen LogP contribution in [0, 0.1) is 11.8 Å². The summed E-state index contributed by atoms with van der Waals surface area (Å²) in [7, 11) is 0.524. The monoisotopic (exact) mass is 288 g/mol. The number of benzene rings is 1. The lowest BCUT2D eigenvalue weighted by Gasteiger charge is -2.38. The molecule has 0 spiro atoms. The van der Waals surface area contributed by atoms with E-state index in [1.165, 1.54) is 7.11 Å². The fourth-order valence-corrected chi connectivity index (χ4v) is 4.75. The van der Waals surface area contributed by atoms with Crippen molar-refractivity contribution in [2.24, 2.45) is 11.8 Å². The lowest BCUT2D eigenvalue weighted by molar-refractivity contribution is 0.0690. The van der Waals surface area contributed by atoms with Gasteiger partial charge in [0.25, 0.3) is 0 Å². The highest BCUT2D eigenvalue weighted by molar-refractivity contribution is 6.47. The normalized spacial score (nSPS) is 32.4. The first-order chi connectivity index (χ1) is 10.1. The maximum absolute atomic E-state index is 11.6. The van der Waals surface area contributed by atoms with E-state index >= 15 is 0 Å². The van der Waals surface area contributed by atoms with Crippen LogP contribution in [0.1, 0.15) is 41.1 Å². The first kappa shape index (κ1) is 13.0. The van der Waals surface area contributed by atoms with Crippen molar-refractivity contribution in [2.45, 2.75) is 31.0 Å². The first-order valence-electron chi connectivity index (χ1n) is 7.40. The van der Waals surface area contributed by atoms with Crippen LogP contribution in [0.4, 0.5) is 0 Å². The Morgan fingerprint density at radius 1 is 1.38 bits per heavy atom. The van der Waals surface area contributed by atoms with Gasteiger partial charge in [0.05, 0.1) is 7.11 Å². The van der Waals surface area contributed by atoms with E-state index in [9.17, 15) is 14.9 Å². The van der Waals surface area contributed by atoms with Crippen molar-refractivity contribution in [3.05, 3.63) is 23.3 Å². The molecule has 3 aliphatic rings. The molecule has 1 heterocycles. The van der Waals surface area contributed by atoms with Crippen LogP contribution in [0.25, 0.3) is 0 Å². The predicted molar refractivity (Wildman–Crippen MR) is 75.9 cm³/mol. The van der Waals surface area contributed by atoms with Gasteiger partial charge in [0.15, 0.2) is 0 Å². The number of fused-ring (bicyclic) bond motifs is 7. The van der Waals surface area contributed by atoms with Crippen LogP contribution in [0.5, 0.6) is 11.5 Å². The molecular weight excluding hydrogens is 271 g/mol. The van der Waals surface area contributed by atoms with Crippen molar-refractivity contribution < 1.29 is 24.3 Å². The van der Waals surface area contributed by atoms with Crippen LogP contribution in [0.2, 0.25) is 5.82 Å². The molecule has 21 heavy (non-hydrogen) atoms. The zero-order valence-corrected chi connectivity index (χ0v) is 11.8. The zero-order chi connectivity index (χ0) is 14.7. The summed E-state index contributed by atoms with van der Waals surface area (Å²) in [5.41, 5.74) is 0.950. The average Bonchev–Trinajstić information content (AvgIpc) is 3.07. The molecular formula is C15H17BO5. The Morgan fingerprint density at radius 3 is 2.86 bits per heavy atom. The van der Waals surface area contributed by atoms with Gasteiger partial charge in [-0.3, -0.25) is 0 Å². The number of carboxylic acids is 1. The highest BCUT2D eigenvalue weighted by Gasteiger charge is 2.57. The van der Waals surface area contributed by atoms with Crippen molar-refractivity contribution in [3.63, 3.8) is 0 Å². The molecule has 2 aliphatic carbocycles. The predicted octanol–water partition coefficient (Wildman–Crippen LogP) is 2.15. The Bertz CT molecular complexity index is 616. The molecule has 1 aromatic carbocycles. The third kappa shape index (κ3) is 1.65. The first-order valence-corrected chi connectivity index (χ1v) is 7.40. The Labute approximate surface area is 123 Å². The van der Waals surface area contributed by atoms with E-state index in [0.29, 0.717) is 17.6 Å². The summed E-state index contributed by atoms with van der Waals surface area (Å²) in [5, 5.41) is 19.8. The van der Waals surface area contributed by atoms with Crippen LogP contribution in [0.15, 0.2) is 12.1 Å². The summed E-state index contributed by atoms with van der Waals surface area (Å²) in [5.74, 6) is 0.833. The molecule has 0 amide bonds. The molecule has 6 heteroatoms. The van der Waals surface area contributed by atoms with E-state index in [-0.39, 0.29) is 23.0 Å². The van der Waals surface area contributed by atoms with E-state index in [4.69, 9.17) is 9.39 Å². The molecule has 1 aliphatic heterocycles. The lowest BCUT2D eigenvalue weighted by Crippen LogP contribution is -2.40. The van der Waals surface area contributed by atoms with E-state index < -0.39 is 13.1 Å². The summed E-state index contributed by atoms with van der Waals surface area (Å²) in [6, 6.07) is 3.61. The molecule has 1 aromatic rings. The van der Waals surface area contributed by atoms with Crippen molar-refractivity contribution in [1.29, 1.82) is 0 Å². The number of aromatic carboxylic acids is 1. The van der Waals surface area contributed by atoms with Gasteiger partial charge >= 0.3 is 13.1 Å². The summed E-state index contributed by atoms with van der Waals surface area (Å²) in [6.07, 6.45) is 3.42. The van der Waals surface area contributed by atoms with E-state index in [2.05, 4.69) is 0 Å². The third-order valence-electron chi connectivity index (χ3n) is 5.49. The van der Waals surface area contributed by atoms with Gasteiger partial charge in [-0.05, 0) is 42.2 Å². The molecule has 2 saturated carbocycles. The van der Waals surface area contributed by atoms with E-state index in [0.717, 1.165) is 24.8 Å². The molecule has 4 rings (SSSR count). The molecule has 2 bridgehead atoms. The van der Waals surface area contributed by atoms with Crippen molar-refractivity contribution in [2.75, 3.05) is 7.11 Å². The third-order valence-corrected chi connectivity index (χ3v) is 5.49. The summed E-state index contributed by atoms with van der Waals surface area (Å²) in [4.78, 5) is 11.6. The smallest absolute Gasteiger partial charge is 0.526 e. The number of ether oxygens (including phenoxy) is 1. The number of hydrogen-bond acceptors (Lipinski definition) is 4. The van der Waals surface area contributed by atoms with E-state index in [1.54, 1.807) is 6.07 Å². The van der Waals surface area contributed by atoms with Gasteiger partial charge in [0.1, 0.15) is 17.1 Å². The number of rotatable bonds is 2. The minimum Gasteiger partial charge on any atom is -0.535 e.